The van der Waals surface area contributed by atoms with Gasteiger partial charge in [0, 0.05) is 24.8 Å². The van der Waals surface area contributed by atoms with Crippen molar-refractivity contribution in [2.45, 2.75) is 6.42 Å². The van der Waals surface area contributed by atoms with Crippen molar-refractivity contribution >= 4 is 11.6 Å². The Morgan fingerprint density at radius 3 is 2.58 bits per heavy atom. The molecule has 0 saturated heterocycles. The fourth-order valence-corrected chi connectivity index (χ4v) is 1.88. The Morgan fingerprint density at radius 1 is 1.05 bits per heavy atom. The lowest BCUT2D eigenvalue weighted by molar-refractivity contribution is 0.0954. The number of rotatable bonds is 5. The largest absolute Gasteiger partial charge is 0.388 e. The SMILES string of the molecule is CNc1cccc(C(=O)NCCc2ccccc2)c1. The van der Waals surface area contributed by atoms with Crippen LogP contribution in [0.4, 0.5) is 5.69 Å². The van der Waals surface area contributed by atoms with Gasteiger partial charge in [0.25, 0.3) is 5.91 Å². The van der Waals surface area contributed by atoms with Gasteiger partial charge >= 0.3 is 0 Å². The smallest absolute Gasteiger partial charge is 0.251 e. The topological polar surface area (TPSA) is 41.1 Å². The normalized spacial score (nSPS) is 9.95. The zero-order chi connectivity index (χ0) is 13.5. The first-order valence-electron chi connectivity index (χ1n) is 6.39. The van der Waals surface area contributed by atoms with E-state index in [9.17, 15) is 4.79 Å². The molecule has 0 unspecified atom stereocenters. The van der Waals surface area contributed by atoms with Crippen molar-refractivity contribution in [2.24, 2.45) is 0 Å². The van der Waals surface area contributed by atoms with Crippen molar-refractivity contribution < 1.29 is 4.79 Å². The average Bonchev–Trinajstić information content (AvgIpc) is 2.48. The third-order valence-corrected chi connectivity index (χ3v) is 2.96. The second-order valence-corrected chi connectivity index (χ2v) is 4.32. The highest BCUT2D eigenvalue weighted by atomic mass is 16.1. The van der Waals surface area contributed by atoms with Gasteiger partial charge in [-0.3, -0.25) is 4.79 Å². The molecule has 2 N–H and O–H groups in total. The summed E-state index contributed by atoms with van der Waals surface area (Å²) < 4.78 is 0. The van der Waals surface area contributed by atoms with E-state index in [0.29, 0.717) is 12.1 Å². The summed E-state index contributed by atoms with van der Waals surface area (Å²) in [5.41, 5.74) is 2.85. The van der Waals surface area contributed by atoms with Gasteiger partial charge in [-0.1, -0.05) is 36.4 Å². The first-order chi connectivity index (χ1) is 9.29. The number of hydrogen-bond acceptors (Lipinski definition) is 2. The van der Waals surface area contributed by atoms with Crippen LogP contribution in [0.3, 0.4) is 0 Å². The lowest BCUT2D eigenvalue weighted by Gasteiger charge is -2.07. The average molecular weight is 254 g/mol. The zero-order valence-electron chi connectivity index (χ0n) is 11.0. The van der Waals surface area contributed by atoms with Crippen molar-refractivity contribution in [1.82, 2.24) is 5.32 Å². The summed E-state index contributed by atoms with van der Waals surface area (Å²) in [4.78, 5) is 12.0. The van der Waals surface area contributed by atoms with Gasteiger partial charge in [0.15, 0.2) is 0 Å². The third kappa shape index (κ3) is 3.85. The summed E-state index contributed by atoms with van der Waals surface area (Å²) in [5, 5.41) is 5.96. The molecule has 3 nitrogen and oxygen atoms in total. The Hall–Kier alpha value is -2.29. The predicted octanol–water partition coefficient (Wildman–Crippen LogP) is 2.70. The van der Waals surface area contributed by atoms with Crippen molar-refractivity contribution in [3.05, 3.63) is 65.7 Å². The summed E-state index contributed by atoms with van der Waals surface area (Å²) in [5.74, 6) is -0.0342. The molecule has 0 spiro atoms. The van der Waals surface area contributed by atoms with E-state index in [4.69, 9.17) is 0 Å². The molecule has 0 atom stereocenters. The number of carbonyl (C=O) groups excluding carboxylic acids is 1. The molecule has 19 heavy (non-hydrogen) atoms. The summed E-state index contributed by atoms with van der Waals surface area (Å²) in [6.45, 7) is 0.645. The molecule has 2 aromatic carbocycles. The van der Waals surface area contributed by atoms with Crippen LogP contribution in [0.1, 0.15) is 15.9 Å². The predicted molar refractivity (Wildman–Crippen MR) is 78.5 cm³/mol. The highest BCUT2D eigenvalue weighted by Gasteiger charge is 2.04. The number of anilines is 1. The molecule has 0 aliphatic carbocycles. The summed E-state index contributed by atoms with van der Waals surface area (Å²) in [6, 6.07) is 17.6. The van der Waals surface area contributed by atoms with Crippen LogP contribution < -0.4 is 10.6 Å². The quantitative estimate of drug-likeness (QED) is 0.861. The van der Waals surface area contributed by atoms with Gasteiger partial charge in [-0.05, 0) is 30.2 Å². The van der Waals surface area contributed by atoms with Crippen LogP contribution in [0.2, 0.25) is 0 Å². The van der Waals surface area contributed by atoms with E-state index >= 15 is 0 Å². The Balaban J connectivity index is 1.87. The second-order valence-electron chi connectivity index (χ2n) is 4.32. The van der Waals surface area contributed by atoms with E-state index in [1.54, 1.807) is 0 Å². The highest BCUT2D eigenvalue weighted by molar-refractivity contribution is 5.95. The Bertz CT molecular complexity index is 537. The molecule has 0 bridgehead atoms. The van der Waals surface area contributed by atoms with Gasteiger partial charge in [0.1, 0.15) is 0 Å². The molecule has 0 radical (unpaired) electrons. The number of amides is 1. The standard InChI is InChI=1S/C16H18N2O/c1-17-15-9-5-8-14(12-15)16(19)18-11-10-13-6-3-2-4-7-13/h2-9,12,17H,10-11H2,1H3,(H,18,19). The summed E-state index contributed by atoms with van der Waals surface area (Å²) in [7, 11) is 1.84. The van der Waals surface area contributed by atoms with E-state index in [2.05, 4.69) is 22.8 Å². The third-order valence-electron chi connectivity index (χ3n) is 2.96. The molecule has 98 valence electrons. The molecule has 0 heterocycles. The lowest BCUT2D eigenvalue weighted by Crippen LogP contribution is -2.25. The number of hydrogen-bond donors (Lipinski definition) is 2. The van der Waals surface area contributed by atoms with Crippen molar-refractivity contribution in [2.75, 3.05) is 18.9 Å². The Labute approximate surface area is 113 Å². The molecule has 2 aromatic rings. The molecule has 3 heteroatoms. The fraction of sp³-hybridized carbons (Fsp3) is 0.188. The monoisotopic (exact) mass is 254 g/mol. The molecule has 0 aliphatic rings. The maximum Gasteiger partial charge on any atom is 0.251 e. The molecule has 0 aliphatic heterocycles. The molecular weight excluding hydrogens is 236 g/mol. The van der Waals surface area contributed by atoms with Gasteiger partial charge in [-0.25, -0.2) is 0 Å². The van der Waals surface area contributed by atoms with E-state index in [0.717, 1.165) is 12.1 Å². The Morgan fingerprint density at radius 2 is 1.84 bits per heavy atom. The molecule has 0 saturated carbocycles. The van der Waals surface area contributed by atoms with Crippen LogP contribution in [0, 0.1) is 0 Å². The summed E-state index contributed by atoms with van der Waals surface area (Å²) >= 11 is 0. The van der Waals surface area contributed by atoms with Gasteiger partial charge in [0.2, 0.25) is 0 Å². The van der Waals surface area contributed by atoms with Crippen LogP contribution in [-0.2, 0) is 6.42 Å². The van der Waals surface area contributed by atoms with Gasteiger partial charge in [0.05, 0.1) is 0 Å². The maximum absolute atomic E-state index is 12.0. The van der Waals surface area contributed by atoms with E-state index in [1.165, 1.54) is 5.56 Å². The van der Waals surface area contributed by atoms with Crippen molar-refractivity contribution in [3.8, 4) is 0 Å². The molecule has 1 amide bonds. The minimum absolute atomic E-state index is 0.0342. The van der Waals surface area contributed by atoms with Crippen LogP contribution >= 0.6 is 0 Å². The van der Waals surface area contributed by atoms with E-state index in [-0.39, 0.29) is 5.91 Å². The van der Waals surface area contributed by atoms with Crippen LogP contribution in [-0.4, -0.2) is 19.5 Å². The minimum atomic E-state index is -0.0342. The molecule has 0 fully saturated rings. The molecule has 2 rings (SSSR count). The molecular formula is C16H18N2O. The molecule has 0 aromatic heterocycles. The van der Waals surface area contributed by atoms with Gasteiger partial charge in [-0.2, -0.15) is 0 Å². The maximum atomic E-state index is 12.0. The first kappa shape index (κ1) is 13.1. The fourth-order valence-electron chi connectivity index (χ4n) is 1.88. The number of carbonyl (C=O) groups is 1. The first-order valence-corrected chi connectivity index (χ1v) is 6.39. The van der Waals surface area contributed by atoms with Gasteiger partial charge in [-0.15, -0.1) is 0 Å². The van der Waals surface area contributed by atoms with E-state index < -0.39 is 0 Å². The summed E-state index contributed by atoms with van der Waals surface area (Å²) in [6.07, 6.45) is 0.846. The van der Waals surface area contributed by atoms with Crippen molar-refractivity contribution in [1.29, 1.82) is 0 Å². The van der Waals surface area contributed by atoms with Gasteiger partial charge < -0.3 is 10.6 Å². The van der Waals surface area contributed by atoms with Crippen molar-refractivity contribution in [3.63, 3.8) is 0 Å². The highest BCUT2D eigenvalue weighted by Crippen LogP contribution is 2.09. The number of nitrogens with one attached hydrogen (secondary N) is 2. The van der Waals surface area contributed by atoms with Crippen LogP contribution in [0.5, 0.6) is 0 Å². The minimum Gasteiger partial charge on any atom is -0.388 e. The number of benzene rings is 2. The second kappa shape index (κ2) is 6.59. The lowest BCUT2D eigenvalue weighted by atomic mass is 10.1. The van der Waals surface area contributed by atoms with Crippen LogP contribution in [0.15, 0.2) is 54.6 Å². The zero-order valence-corrected chi connectivity index (χ0v) is 11.0. The Kier molecular flexibility index (Phi) is 4.56. The van der Waals surface area contributed by atoms with E-state index in [1.807, 2.05) is 49.5 Å². The van der Waals surface area contributed by atoms with Crippen LogP contribution in [0.25, 0.3) is 0 Å².